The highest BCUT2D eigenvalue weighted by Crippen LogP contribution is 2.30. The molecule has 7 nitrogen and oxygen atoms in total. The zero-order valence-electron chi connectivity index (χ0n) is 17.3. The molecule has 3 heterocycles. The van der Waals surface area contributed by atoms with Crippen LogP contribution in [0, 0.1) is 0 Å². The number of amides is 1. The average Bonchev–Trinajstić information content (AvgIpc) is 3.44. The lowest BCUT2D eigenvalue weighted by Crippen LogP contribution is -2.39. The van der Waals surface area contributed by atoms with Crippen LogP contribution in [0.15, 0.2) is 53.1 Å². The van der Waals surface area contributed by atoms with Gasteiger partial charge in [0.25, 0.3) is 0 Å². The van der Waals surface area contributed by atoms with E-state index >= 15 is 0 Å². The number of aliphatic hydroxyl groups is 1. The van der Waals surface area contributed by atoms with E-state index in [2.05, 4.69) is 22.3 Å². The van der Waals surface area contributed by atoms with Crippen LogP contribution in [0.25, 0.3) is 0 Å². The summed E-state index contributed by atoms with van der Waals surface area (Å²) < 4.78 is 7.52. The molecule has 7 heteroatoms. The first-order valence-electron chi connectivity index (χ1n) is 10.5. The van der Waals surface area contributed by atoms with Crippen molar-refractivity contribution in [2.45, 2.75) is 44.1 Å². The van der Waals surface area contributed by atoms with Crippen molar-refractivity contribution in [2.75, 3.05) is 13.1 Å². The number of carbonyl (C=O) groups is 1. The number of aromatic nitrogens is 3. The lowest BCUT2D eigenvalue weighted by atomic mass is 9.91. The predicted molar refractivity (Wildman–Crippen MR) is 112 cm³/mol. The van der Waals surface area contributed by atoms with Crippen LogP contribution in [0.5, 0.6) is 0 Å². The second-order valence-corrected chi connectivity index (χ2v) is 7.95. The Morgan fingerprint density at radius 3 is 2.57 bits per heavy atom. The average molecular weight is 409 g/mol. The van der Waals surface area contributed by atoms with Gasteiger partial charge in [-0.15, -0.1) is 10.2 Å². The quantitative estimate of drug-likeness (QED) is 0.650. The Hall–Kier alpha value is -2.93. The molecule has 1 unspecified atom stereocenters. The fourth-order valence-corrected chi connectivity index (χ4v) is 4.29. The van der Waals surface area contributed by atoms with Gasteiger partial charge in [0, 0.05) is 38.4 Å². The first-order valence-corrected chi connectivity index (χ1v) is 10.5. The van der Waals surface area contributed by atoms with Crippen LogP contribution in [0.1, 0.15) is 54.1 Å². The van der Waals surface area contributed by atoms with Gasteiger partial charge in [0.1, 0.15) is 18.2 Å². The number of rotatable bonds is 7. The molecule has 0 aliphatic carbocycles. The van der Waals surface area contributed by atoms with Gasteiger partial charge in [0.05, 0.1) is 6.26 Å². The summed E-state index contributed by atoms with van der Waals surface area (Å²) in [6, 6.07) is 14.1. The monoisotopic (exact) mass is 408 g/mol. The van der Waals surface area contributed by atoms with Crippen molar-refractivity contribution >= 4 is 5.91 Å². The molecule has 3 aromatic rings. The van der Waals surface area contributed by atoms with E-state index in [0.717, 1.165) is 30.8 Å². The Morgan fingerprint density at radius 1 is 1.17 bits per heavy atom. The number of carbonyl (C=O) groups excluding carboxylic acids is 1. The van der Waals surface area contributed by atoms with E-state index < -0.39 is 0 Å². The van der Waals surface area contributed by atoms with Crippen LogP contribution < -0.4 is 0 Å². The minimum absolute atomic E-state index is 0.0264. The van der Waals surface area contributed by atoms with Crippen LogP contribution in [-0.4, -0.2) is 43.8 Å². The van der Waals surface area contributed by atoms with Gasteiger partial charge >= 0.3 is 0 Å². The molecule has 0 radical (unpaired) electrons. The van der Waals surface area contributed by atoms with Gasteiger partial charge in [-0.2, -0.15) is 0 Å². The molecule has 1 aromatic carbocycles. The summed E-state index contributed by atoms with van der Waals surface area (Å²) in [7, 11) is 1.88. The molecule has 30 heavy (non-hydrogen) atoms. The molecule has 1 aliphatic heterocycles. The molecular formula is C23H28N4O3. The number of furan rings is 1. The third-order valence-electron chi connectivity index (χ3n) is 6.04. The molecule has 0 saturated carbocycles. The number of piperidine rings is 1. The maximum absolute atomic E-state index is 13.1. The van der Waals surface area contributed by atoms with E-state index in [-0.39, 0.29) is 24.3 Å². The zero-order valence-corrected chi connectivity index (χ0v) is 17.3. The lowest BCUT2D eigenvalue weighted by Gasteiger charge is -2.32. The van der Waals surface area contributed by atoms with Crippen LogP contribution in [0.2, 0.25) is 0 Å². The minimum Gasteiger partial charge on any atom is -0.469 e. The van der Waals surface area contributed by atoms with Gasteiger partial charge < -0.3 is 19.0 Å². The number of likely N-dealkylation sites (tertiary alicyclic amines) is 1. The molecule has 1 atom stereocenters. The van der Waals surface area contributed by atoms with Crippen molar-refractivity contribution in [3.8, 4) is 0 Å². The largest absolute Gasteiger partial charge is 0.469 e. The number of hydrogen-bond acceptors (Lipinski definition) is 5. The molecular weight excluding hydrogens is 380 g/mol. The zero-order chi connectivity index (χ0) is 20.9. The van der Waals surface area contributed by atoms with Crippen molar-refractivity contribution in [3.63, 3.8) is 0 Å². The summed E-state index contributed by atoms with van der Waals surface area (Å²) in [5.74, 6) is 2.78. The van der Waals surface area contributed by atoms with Crippen LogP contribution in [0.3, 0.4) is 0 Å². The van der Waals surface area contributed by atoms with E-state index in [9.17, 15) is 9.90 Å². The van der Waals surface area contributed by atoms with E-state index in [1.54, 1.807) is 6.26 Å². The van der Waals surface area contributed by atoms with Gasteiger partial charge in [-0.3, -0.25) is 4.79 Å². The van der Waals surface area contributed by atoms with Crippen molar-refractivity contribution in [1.82, 2.24) is 19.7 Å². The number of nitrogens with zero attached hydrogens (tertiary/aromatic N) is 4. The van der Waals surface area contributed by atoms with Crippen molar-refractivity contribution in [1.29, 1.82) is 0 Å². The Balaban J connectivity index is 1.38. The van der Waals surface area contributed by atoms with Crippen LogP contribution >= 0.6 is 0 Å². The maximum atomic E-state index is 13.1. The third kappa shape index (κ3) is 4.46. The van der Waals surface area contributed by atoms with Crippen molar-refractivity contribution in [2.24, 2.45) is 7.05 Å². The minimum atomic E-state index is -0.115. The van der Waals surface area contributed by atoms with Crippen molar-refractivity contribution < 1.29 is 14.3 Å². The highest BCUT2D eigenvalue weighted by Gasteiger charge is 2.29. The molecule has 0 spiro atoms. The third-order valence-corrected chi connectivity index (χ3v) is 6.04. The Labute approximate surface area is 176 Å². The van der Waals surface area contributed by atoms with E-state index in [0.29, 0.717) is 25.3 Å². The second kappa shape index (κ2) is 9.26. The molecule has 4 rings (SSSR count). The fraction of sp³-hybridized carbons (Fsp3) is 0.435. The second-order valence-electron chi connectivity index (χ2n) is 7.95. The summed E-state index contributed by atoms with van der Waals surface area (Å²) in [6.07, 6.45) is 4.59. The summed E-state index contributed by atoms with van der Waals surface area (Å²) >= 11 is 0. The summed E-state index contributed by atoms with van der Waals surface area (Å²) in [4.78, 5) is 15.0. The SMILES string of the molecule is Cn1c(CO)nnc1C1CCN(C(=O)CC(Cc2ccccc2)c2ccco2)CC1. The van der Waals surface area contributed by atoms with Crippen LogP contribution in [-0.2, 0) is 24.9 Å². The number of aliphatic hydroxyl groups excluding tert-OH is 1. The molecule has 0 bridgehead atoms. The predicted octanol–water partition coefficient (Wildman–Crippen LogP) is 3.02. The highest BCUT2D eigenvalue weighted by atomic mass is 16.3. The van der Waals surface area contributed by atoms with Gasteiger partial charge in [0.2, 0.25) is 5.91 Å². The molecule has 2 aromatic heterocycles. The van der Waals surface area contributed by atoms with Gasteiger partial charge in [0.15, 0.2) is 5.82 Å². The Kier molecular flexibility index (Phi) is 6.28. The molecule has 1 N–H and O–H groups in total. The normalized spacial score (nSPS) is 16.0. The van der Waals surface area contributed by atoms with Gasteiger partial charge in [-0.05, 0) is 37.0 Å². The Bertz CT molecular complexity index is 944. The smallest absolute Gasteiger partial charge is 0.223 e. The topological polar surface area (TPSA) is 84.4 Å². The van der Waals surface area contributed by atoms with Crippen LogP contribution in [0.4, 0.5) is 0 Å². The summed E-state index contributed by atoms with van der Waals surface area (Å²) in [6.45, 7) is 1.30. The molecule has 1 saturated heterocycles. The maximum Gasteiger partial charge on any atom is 0.223 e. The number of hydrogen-bond donors (Lipinski definition) is 1. The van der Waals surface area contributed by atoms with Gasteiger partial charge in [-0.1, -0.05) is 30.3 Å². The fourth-order valence-electron chi connectivity index (χ4n) is 4.29. The molecule has 1 fully saturated rings. The lowest BCUT2D eigenvalue weighted by molar-refractivity contribution is -0.132. The first kappa shape index (κ1) is 20.3. The Morgan fingerprint density at radius 2 is 1.93 bits per heavy atom. The summed E-state index contributed by atoms with van der Waals surface area (Å²) in [5.41, 5.74) is 1.20. The van der Waals surface area contributed by atoms with E-state index in [4.69, 9.17) is 4.42 Å². The molecule has 1 aliphatic rings. The summed E-state index contributed by atoms with van der Waals surface area (Å²) in [5, 5.41) is 17.6. The molecule has 158 valence electrons. The number of benzene rings is 1. The van der Waals surface area contributed by atoms with Crippen molar-refractivity contribution in [3.05, 3.63) is 71.7 Å². The standard InChI is InChI=1S/C23H28N4O3/c1-26-21(16-28)24-25-23(26)18-9-11-27(12-10-18)22(29)15-19(20-8-5-13-30-20)14-17-6-3-2-4-7-17/h2-8,13,18-19,28H,9-12,14-16H2,1H3. The molecule has 1 amide bonds. The van der Waals surface area contributed by atoms with Gasteiger partial charge in [-0.25, -0.2) is 0 Å². The van der Waals surface area contributed by atoms with E-state index in [1.807, 2.05) is 46.8 Å². The first-order chi connectivity index (χ1) is 14.7. The highest BCUT2D eigenvalue weighted by molar-refractivity contribution is 5.77. The van der Waals surface area contributed by atoms with E-state index in [1.165, 1.54) is 5.56 Å².